The summed E-state index contributed by atoms with van der Waals surface area (Å²) in [7, 11) is 0. The molecule has 0 radical (unpaired) electrons. The standard InChI is InChI=1S/C23H27N3O2/c1-2-10-21-25-23(28-26-21)16-9-15-22(27)24-20(19-13-7-4-8-14-19)17-18-11-5-3-6-12-18/h3-8,11-14,20H,2,9-10,15-17H2,1H3,(H,24,27). The molecule has 2 aromatic carbocycles. The molecular weight excluding hydrogens is 350 g/mol. The fourth-order valence-electron chi connectivity index (χ4n) is 3.17. The van der Waals surface area contributed by atoms with Crippen molar-refractivity contribution in [3.63, 3.8) is 0 Å². The zero-order valence-corrected chi connectivity index (χ0v) is 16.3. The fourth-order valence-corrected chi connectivity index (χ4v) is 3.17. The largest absolute Gasteiger partial charge is 0.349 e. The Bertz CT molecular complexity index is 847. The lowest BCUT2D eigenvalue weighted by molar-refractivity contribution is -0.121. The van der Waals surface area contributed by atoms with Gasteiger partial charge in [-0.15, -0.1) is 0 Å². The average Bonchev–Trinajstić information content (AvgIpc) is 3.17. The lowest BCUT2D eigenvalue weighted by atomic mass is 9.98. The molecule has 146 valence electrons. The molecule has 28 heavy (non-hydrogen) atoms. The Morgan fingerprint density at radius 2 is 1.75 bits per heavy atom. The van der Waals surface area contributed by atoms with Crippen LogP contribution >= 0.6 is 0 Å². The van der Waals surface area contributed by atoms with Crippen molar-refractivity contribution in [2.75, 3.05) is 0 Å². The van der Waals surface area contributed by atoms with Crippen molar-refractivity contribution in [1.29, 1.82) is 0 Å². The van der Waals surface area contributed by atoms with Crippen LogP contribution < -0.4 is 5.32 Å². The Labute approximate surface area is 166 Å². The van der Waals surface area contributed by atoms with Crippen LogP contribution in [0.15, 0.2) is 65.2 Å². The Morgan fingerprint density at radius 1 is 1.04 bits per heavy atom. The van der Waals surface area contributed by atoms with Crippen LogP contribution in [0.5, 0.6) is 0 Å². The maximum absolute atomic E-state index is 12.5. The average molecular weight is 377 g/mol. The number of rotatable bonds is 10. The molecular formula is C23H27N3O2. The number of hydrogen-bond donors (Lipinski definition) is 1. The first-order valence-electron chi connectivity index (χ1n) is 9.94. The number of carbonyl (C=O) groups is 1. The van der Waals surface area contributed by atoms with Gasteiger partial charge in [0.05, 0.1) is 6.04 Å². The minimum absolute atomic E-state index is 0.0399. The molecule has 1 aromatic heterocycles. The summed E-state index contributed by atoms with van der Waals surface area (Å²) in [5.41, 5.74) is 2.31. The first-order chi connectivity index (χ1) is 13.7. The Kier molecular flexibility index (Phi) is 7.36. The summed E-state index contributed by atoms with van der Waals surface area (Å²) in [6.45, 7) is 2.08. The molecule has 0 saturated carbocycles. The molecule has 0 aliphatic carbocycles. The van der Waals surface area contributed by atoms with E-state index >= 15 is 0 Å². The first-order valence-corrected chi connectivity index (χ1v) is 9.94. The molecule has 3 aromatic rings. The topological polar surface area (TPSA) is 68.0 Å². The zero-order valence-electron chi connectivity index (χ0n) is 16.3. The van der Waals surface area contributed by atoms with Crippen molar-refractivity contribution in [2.24, 2.45) is 0 Å². The molecule has 1 heterocycles. The van der Waals surface area contributed by atoms with Crippen LogP contribution in [0.25, 0.3) is 0 Å². The lowest BCUT2D eigenvalue weighted by Gasteiger charge is -2.19. The fraction of sp³-hybridized carbons (Fsp3) is 0.348. The summed E-state index contributed by atoms with van der Waals surface area (Å²) in [4.78, 5) is 16.9. The molecule has 5 nitrogen and oxygen atoms in total. The van der Waals surface area contributed by atoms with Crippen LogP contribution in [0.2, 0.25) is 0 Å². The molecule has 0 spiro atoms. The summed E-state index contributed by atoms with van der Waals surface area (Å²) < 4.78 is 5.24. The number of aryl methyl sites for hydroxylation is 2. The van der Waals surface area contributed by atoms with Crippen molar-refractivity contribution in [2.45, 2.75) is 51.5 Å². The van der Waals surface area contributed by atoms with Gasteiger partial charge >= 0.3 is 0 Å². The minimum Gasteiger partial charge on any atom is -0.349 e. The van der Waals surface area contributed by atoms with Crippen LogP contribution in [-0.4, -0.2) is 16.0 Å². The van der Waals surface area contributed by atoms with E-state index in [4.69, 9.17) is 4.52 Å². The van der Waals surface area contributed by atoms with Gasteiger partial charge in [-0.2, -0.15) is 4.98 Å². The number of carbonyl (C=O) groups excluding carboxylic acids is 1. The van der Waals surface area contributed by atoms with Gasteiger partial charge in [0, 0.05) is 19.3 Å². The summed E-state index contributed by atoms with van der Waals surface area (Å²) in [5, 5.41) is 7.14. The molecule has 0 fully saturated rings. The van der Waals surface area contributed by atoms with Gasteiger partial charge in [0.15, 0.2) is 5.82 Å². The van der Waals surface area contributed by atoms with Gasteiger partial charge < -0.3 is 9.84 Å². The van der Waals surface area contributed by atoms with Gasteiger partial charge in [-0.25, -0.2) is 0 Å². The molecule has 1 amide bonds. The van der Waals surface area contributed by atoms with Crippen molar-refractivity contribution in [3.8, 4) is 0 Å². The highest BCUT2D eigenvalue weighted by Gasteiger charge is 2.15. The van der Waals surface area contributed by atoms with E-state index in [-0.39, 0.29) is 11.9 Å². The molecule has 1 N–H and O–H groups in total. The number of benzene rings is 2. The molecule has 0 aliphatic heterocycles. The summed E-state index contributed by atoms with van der Waals surface area (Å²) >= 11 is 0. The van der Waals surface area contributed by atoms with Crippen LogP contribution in [0, 0.1) is 0 Å². The van der Waals surface area contributed by atoms with Gasteiger partial charge in [0.25, 0.3) is 0 Å². The molecule has 0 saturated heterocycles. The van der Waals surface area contributed by atoms with E-state index < -0.39 is 0 Å². The molecule has 1 atom stereocenters. The van der Waals surface area contributed by atoms with Crippen LogP contribution in [-0.2, 0) is 24.1 Å². The van der Waals surface area contributed by atoms with Crippen molar-refractivity contribution in [1.82, 2.24) is 15.5 Å². The minimum atomic E-state index is -0.0457. The number of nitrogens with zero attached hydrogens (tertiary/aromatic N) is 2. The Morgan fingerprint density at radius 3 is 2.46 bits per heavy atom. The zero-order chi connectivity index (χ0) is 19.6. The SMILES string of the molecule is CCCc1noc(CCCC(=O)NC(Cc2ccccc2)c2ccccc2)n1. The van der Waals surface area contributed by atoms with Gasteiger partial charge in [0.2, 0.25) is 11.8 Å². The van der Waals surface area contributed by atoms with Gasteiger partial charge in [-0.05, 0) is 30.4 Å². The smallest absolute Gasteiger partial charge is 0.226 e. The third kappa shape index (κ3) is 6.05. The van der Waals surface area contributed by atoms with Crippen LogP contribution in [0.3, 0.4) is 0 Å². The van der Waals surface area contributed by atoms with Gasteiger partial charge in [0.1, 0.15) is 0 Å². The second-order valence-corrected chi connectivity index (χ2v) is 6.93. The van der Waals surface area contributed by atoms with Crippen molar-refractivity contribution >= 4 is 5.91 Å². The normalized spacial score (nSPS) is 11.9. The van der Waals surface area contributed by atoms with Crippen molar-refractivity contribution in [3.05, 3.63) is 83.5 Å². The third-order valence-corrected chi connectivity index (χ3v) is 4.60. The number of aromatic nitrogens is 2. The summed E-state index contributed by atoms with van der Waals surface area (Å²) in [5.74, 6) is 1.40. The predicted molar refractivity (Wildman–Crippen MR) is 109 cm³/mol. The first kappa shape index (κ1) is 19.8. The number of amides is 1. The number of hydrogen-bond acceptors (Lipinski definition) is 4. The Hall–Kier alpha value is -2.95. The van der Waals surface area contributed by atoms with E-state index in [1.165, 1.54) is 5.56 Å². The van der Waals surface area contributed by atoms with E-state index in [2.05, 4.69) is 46.6 Å². The highest BCUT2D eigenvalue weighted by atomic mass is 16.5. The molecule has 3 rings (SSSR count). The van der Waals surface area contributed by atoms with Crippen LogP contribution in [0.1, 0.15) is 55.1 Å². The molecule has 1 unspecified atom stereocenters. The van der Waals surface area contributed by atoms with Crippen LogP contribution in [0.4, 0.5) is 0 Å². The van der Waals surface area contributed by atoms with E-state index in [0.717, 1.165) is 30.7 Å². The third-order valence-electron chi connectivity index (χ3n) is 4.60. The lowest BCUT2D eigenvalue weighted by Crippen LogP contribution is -2.29. The van der Waals surface area contributed by atoms with Gasteiger partial charge in [-0.1, -0.05) is 72.7 Å². The van der Waals surface area contributed by atoms with E-state index in [1.807, 2.05) is 36.4 Å². The summed E-state index contributed by atoms with van der Waals surface area (Å²) in [6.07, 6.45) is 4.32. The van der Waals surface area contributed by atoms with Gasteiger partial charge in [-0.3, -0.25) is 4.79 Å². The molecule has 5 heteroatoms. The monoisotopic (exact) mass is 377 g/mol. The molecule has 0 bridgehead atoms. The molecule has 0 aliphatic rings. The maximum atomic E-state index is 12.5. The summed E-state index contributed by atoms with van der Waals surface area (Å²) in [6, 6.07) is 20.3. The Balaban J connectivity index is 1.54. The second-order valence-electron chi connectivity index (χ2n) is 6.93. The van der Waals surface area contributed by atoms with E-state index in [1.54, 1.807) is 0 Å². The maximum Gasteiger partial charge on any atom is 0.226 e. The quantitative estimate of drug-likeness (QED) is 0.567. The van der Waals surface area contributed by atoms with E-state index in [0.29, 0.717) is 25.2 Å². The van der Waals surface area contributed by atoms with Crippen molar-refractivity contribution < 1.29 is 9.32 Å². The highest BCUT2D eigenvalue weighted by Crippen LogP contribution is 2.19. The van der Waals surface area contributed by atoms with E-state index in [9.17, 15) is 4.79 Å². The highest BCUT2D eigenvalue weighted by molar-refractivity contribution is 5.76. The second kappa shape index (κ2) is 10.4. The number of nitrogens with one attached hydrogen (secondary N) is 1. The predicted octanol–water partition coefficient (Wildman–Crippen LogP) is 4.45.